The maximum atomic E-state index is 11.7. The maximum Gasteiger partial charge on any atom is 0.242 e. The average Bonchev–Trinajstić information content (AvgIpc) is 2.35. The van der Waals surface area contributed by atoms with Crippen LogP contribution in [0.4, 0.5) is 0 Å². The predicted octanol–water partition coefficient (Wildman–Crippen LogP) is 1.04. The minimum Gasteiger partial charge on any atom is -0.382 e. The van der Waals surface area contributed by atoms with Gasteiger partial charge in [-0.15, -0.1) is 0 Å². The second kappa shape index (κ2) is 11.0. The second-order valence-corrected chi connectivity index (χ2v) is 5.22. The van der Waals surface area contributed by atoms with Crippen LogP contribution in [0.1, 0.15) is 34.1 Å². The SMILES string of the molecule is CCOCCCNC(=S)NC(C)C(=O)NCC(C)C. The molecule has 0 aromatic rings. The van der Waals surface area contributed by atoms with Gasteiger partial charge in [0.2, 0.25) is 5.91 Å². The van der Waals surface area contributed by atoms with E-state index in [0.29, 0.717) is 17.6 Å². The molecule has 0 heterocycles. The first-order valence-corrected chi connectivity index (χ1v) is 7.28. The average molecular weight is 289 g/mol. The fourth-order valence-corrected chi connectivity index (χ4v) is 1.57. The van der Waals surface area contributed by atoms with Gasteiger partial charge in [-0.25, -0.2) is 0 Å². The zero-order valence-electron chi connectivity index (χ0n) is 12.4. The molecule has 6 heteroatoms. The van der Waals surface area contributed by atoms with Gasteiger partial charge in [-0.2, -0.15) is 0 Å². The minimum absolute atomic E-state index is 0.0350. The van der Waals surface area contributed by atoms with Gasteiger partial charge in [0.15, 0.2) is 5.11 Å². The van der Waals surface area contributed by atoms with E-state index in [1.807, 2.05) is 6.92 Å². The standard InChI is InChI=1S/C13H27N3O2S/c1-5-18-8-6-7-14-13(19)16-11(4)12(17)15-9-10(2)3/h10-11H,5-9H2,1-4H3,(H,15,17)(H2,14,16,19). The molecule has 0 radical (unpaired) electrons. The number of carbonyl (C=O) groups excluding carboxylic acids is 1. The zero-order valence-corrected chi connectivity index (χ0v) is 13.2. The Bertz CT molecular complexity index is 273. The lowest BCUT2D eigenvalue weighted by Crippen LogP contribution is -2.49. The van der Waals surface area contributed by atoms with Gasteiger partial charge in [-0.05, 0) is 38.4 Å². The molecule has 0 aliphatic carbocycles. The molecule has 0 bridgehead atoms. The van der Waals surface area contributed by atoms with E-state index in [9.17, 15) is 4.79 Å². The molecular weight excluding hydrogens is 262 g/mol. The van der Waals surface area contributed by atoms with Crippen molar-refractivity contribution in [2.45, 2.75) is 40.2 Å². The van der Waals surface area contributed by atoms with Gasteiger partial charge in [0.05, 0.1) is 0 Å². The van der Waals surface area contributed by atoms with Crippen LogP contribution >= 0.6 is 12.2 Å². The van der Waals surface area contributed by atoms with E-state index < -0.39 is 0 Å². The lowest BCUT2D eigenvalue weighted by Gasteiger charge is -2.17. The van der Waals surface area contributed by atoms with Crippen LogP contribution in [0, 0.1) is 5.92 Å². The summed E-state index contributed by atoms with van der Waals surface area (Å²) in [6.45, 7) is 10.8. The molecule has 0 fully saturated rings. The van der Waals surface area contributed by atoms with Gasteiger partial charge >= 0.3 is 0 Å². The van der Waals surface area contributed by atoms with Crippen LogP contribution in [0.3, 0.4) is 0 Å². The van der Waals surface area contributed by atoms with Crippen molar-refractivity contribution in [3.05, 3.63) is 0 Å². The van der Waals surface area contributed by atoms with E-state index in [2.05, 4.69) is 29.8 Å². The molecule has 1 unspecified atom stereocenters. The van der Waals surface area contributed by atoms with Crippen molar-refractivity contribution in [3.8, 4) is 0 Å². The number of rotatable bonds is 9. The normalized spacial score (nSPS) is 12.1. The van der Waals surface area contributed by atoms with Crippen molar-refractivity contribution in [3.63, 3.8) is 0 Å². The van der Waals surface area contributed by atoms with Crippen molar-refractivity contribution < 1.29 is 9.53 Å². The third kappa shape index (κ3) is 10.7. The third-order valence-corrected chi connectivity index (χ3v) is 2.64. The Morgan fingerprint density at radius 1 is 1.26 bits per heavy atom. The highest BCUT2D eigenvalue weighted by Crippen LogP contribution is 1.89. The number of thiocarbonyl (C=S) groups is 1. The summed E-state index contributed by atoms with van der Waals surface area (Å²) in [5.74, 6) is 0.409. The van der Waals surface area contributed by atoms with Crippen LogP contribution in [-0.4, -0.2) is 43.4 Å². The molecule has 0 aromatic heterocycles. The number of nitrogens with one attached hydrogen (secondary N) is 3. The third-order valence-electron chi connectivity index (χ3n) is 2.38. The zero-order chi connectivity index (χ0) is 14.7. The van der Waals surface area contributed by atoms with Crippen LogP contribution in [0.5, 0.6) is 0 Å². The van der Waals surface area contributed by atoms with Crippen molar-refractivity contribution >= 4 is 23.2 Å². The fourth-order valence-electron chi connectivity index (χ4n) is 1.29. The van der Waals surface area contributed by atoms with E-state index in [-0.39, 0.29) is 11.9 Å². The molecule has 0 saturated carbocycles. The Kier molecular flexibility index (Phi) is 10.5. The van der Waals surface area contributed by atoms with Gasteiger partial charge in [0.1, 0.15) is 6.04 Å². The van der Waals surface area contributed by atoms with Crippen molar-refractivity contribution in [1.82, 2.24) is 16.0 Å². The van der Waals surface area contributed by atoms with Gasteiger partial charge in [0.25, 0.3) is 0 Å². The van der Waals surface area contributed by atoms with Crippen molar-refractivity contribution in [2.75, 3.05) is 26.3 Å². The fraction of sp³-hybridized carbons (Fsp3) is 0.846. The molecule has 112 valence electrons. The number of hydrogen-bond acceptors (Lipinski definition) is 3. The lowest BCUT2D eigenvalue weighted by molar-refractivity contribution is -0.122. The summed E-state index contributed by atoms with van der Waals surface area (Å²) in [4.78, 5) is 11.7. The molecule has 0 saturated heterocycles. The first-order valence-electron chi connectivity index (χ1n) is 6.87. The van der Waals surface area contributed by atoms with E-state index in [1.54, 1.807) is 6.92 Å². The van der Waals surface area contributed by atoms with E-state index in [0.717, 1.165) is 26.2 Å². The molecule has 1 amide bonds. The largest absolute Gasteiger partial charge is 0.382 e. The first kappa shape index (κ1) is 18.1. The van der Waals surface area contributed by atoms with E-state index in [4.69, 9.17) is 17.0 Å². The molecule has 0 rings (SSSR count). The molecule has 0 aromatic carbocycles. The Morgan fingerprint density at radius 2 is 1.95 bits per heavy atom. The number of amides is 1. The summed E-state index contributed by atoms with van der Waals surface area (Å²) in [6, 6.07) is -0.328. The maximum absolute atomic E-state index is 11.7. The van der Waals surface area contributed by atoms with Crippen molar-refractivity contribution in [1.29, 1.82) is 0 Å². The van der Waals surface area contributed by atoms with Crippen LogP contribution in [0.15, 0.2) is 0 Å². The first-order chi connectivity index (χ1) is 8.97. The van der Waals surface area contributed by atoms with Gasteiger partial charge in [-0.1, -0.05) is 13.8 Å². The summed E-state index contributed by atoms with van der Waals surface area (Å²) in [5.41, 5.74) is 0. The molecular formula is C13H27N3O2S. The summed E-state index contributed by atoms with van der Waals surface area (Å²) >= 11 is 5.12. The number of hydrogen-bond donors (Lipinski definition) is 3. The van der Waals surface area contributed by atoms with E-state index in [1.165, 1.54) is 0 Å². The molecule has 0 spiro atoms. The molecule has 1 atom stereocenters. The van der Waals surface area contributed by atoms with Crippen LogP contribution in [0.25, 0.3) is 0 Å². The summed E-state index contributed by atoms with van der Waals surface area (Å²) in [5, 5.41) is 9.38. The molecule has 0 aliphatic heterocycles. The Hall–Kier alpha value is -0.880. The predicted molar refractivity (Wildman–Crippen MR) is 82.2 cm³/mol. The van der Waals surface area contributed by atoms with Crippen molar-refractivity contribution in [2.24, 2.45) is 5.92 Å². The highest BCUT2D eigenvalue weighted by Gasteiger charge is 2.13. The molecule has 3 N–H and O–H groups in total. The molecule has 19 heavy (non-hydrogen) atoms. The Labute approximate surface area is 121 Å². The smallest absolute Gasteiger partial charge is 0.242 e. The Morgan fingerprint density at radius 3 is 2.53 bits per heavy atom. The summed E-state index contributed by atoms with van der Waals surface area (Å²) < 4.78 is 5.22. The highest BCUT2D eigenvalue weighted by molar-refractivity contribution is 7.80. The number of carbonyl (C=O) groups is 1. The Balaban J connectivity index is 3.70. The van der Waals surface area contributed by atoms with Gasteiger partial charge in [-0.3, -0.25) is 4.79 Å². The summed E-state index contributed by atoms with van der Waals surface area (Å²) in [6.07, 6.45) is 0.892. The molecule has 5 nitrogen and oxygen atoms in total. The molecule has 0 aliphatic rings. The van der Waals surface area contributed by atoms with Gasteiger partial charge in [0, 0.05) is 26.3 Å². The monoisotopic (exact) mass is 289 g/mol. The highest BCUT2D eigenvalue weighted by atomic mass is 32.1. The number of ether oxygens (including phenoxy) is 1. The quantitative estimate of drug-likeness (QED) is 0.437. The van der Waals surface area contributed by atoms with Crippen LogP contribution < -0.4 is 16.0 Å². The second-order valence-electron chi connectivity index (χ2n) is 4.81. The van der Waals surface area contributed by atoms with Gasteiger partial charge < -0.3 is 20.7 Å². The minimum atomic E-state index is -0.328. The van der Waals surface area contributed by atoms with Crippen LogP contribution in [0.2, 0.25) is 0 Å². The summed E-state index contributed by atoms with van der Waals surface area (Å²) in [7, 11) is 0. The topological polar surface area (TPSA) is 62.4 Å². The van der Waals surface area contributed by atoms with Crippen LogP contribution in [-0.2, 0) is 9.53 Å². The lowest BCUT2D eigenvalue weighted by atomic mass is 10.2. The van der Waals surface area contributed by atoms with E-state index >= 15 is 0 Å².